The first-order chi connectivity index (χ1) is 5.54. The van der Waals surface area contributed by atoms with E-state index in [0.717, 1.165) is 0 Å². The zero-order chi connectivity index (χ0) is 9.30. The van der Waals surface area contributed by atoms with Gasteiger partial charge in [0.1, 0.15) is 6.04 Å². The Morgan fingerprint density at radius 1 is 1.67 bits per heavy atom. The summed E-state index contributed by atoms with van der Waals surface area (Å²) in [5, 5.41) is 11.4. The van der Waals surface area contributed by atoms with Gasteiger partial charge >= 0.3 is 6.09 Å². The van der Waals surface area contributed by atoms with E-state index < -0.39 is 12.1 Å². The summed E-state index contributed by atoms with van der Waals surface area (Å²) < 4.78 is 0. The molecule has 0 aromatic carbocycles. The van der Waals surface area contributed by atoms with E-state index in [-0.39, 0.29) is 11.9 Å². The highest BCUT2D eigenvalue weighted by Crippen LogP contribution is 2.10. The summed E-state index contributed by atoms with van der Waals surface area (Å²) in [4.78, 5) is 22.9. The number of hydrogen-bond donors (Lipinski definition) is 2. The Kier molecular flexibility index (Phi) is 2.21. The number of carboxylic acid groups (broad SMARTS) is 1. The van der Waals surface area contributed by atoms with E-state index in [1.807, 2.05) is 0 Å². The van der Waals surface area contributed by atoms with Crippen LogP contribution in [0.2, 0.25) is 0 Å². The molecule has 1 saturated heterocycles. The monoisotopic (exact) mass is 172 g/mol. The minimum absolute atomic E-state index is 0.143. The molecule has 12 heavy (non-hydrogen) atoms. The lowest BCUT2D eigenvalue weighted by molar-refractivity contribution is -0.128. The second-order valence-corrected chi connectivity index (χ2v) is 2.96. The zero-order valence-electron chi connectivity index (χ0n) is 7.07. The van der Waals surface area contributed by atoms with Gasteiger partial charge in [-0.2, -0.15) is 0 Å². The molecule has 0 saturated carbocycles. The highest BCUT2D eigenvalue weighted by Gasteiger charge is 2.33. The molecule has 68 valence electrons. The van der Waals surface area contributed by atoms with Crippen molar-refractivity contribution >= 4 is 12.0 Å². The lowest BCUT2D eigenvalue weighted by atomic mass is 10.1. The van der Waals surface area contributed by atoms with Crippen molar-refractivity contribution in [3.05, 3.63) is 0 Å². The molecule has 1 unspecified atom stereocenters. The molecule has 0 spiro atoms. The normalized spacial score (nSPS) is 29.8. The first-order valence-electron chi connectivity index (χ1n) is 3.83. The van der Waals surface area contributed by atoms with Gasteiger partial charge in [0, 0.05) is 6.54 Å². The Bertz CT molecular complexity index is 217. The van der Waals surface area contributed by atoms with E-state index in [1.165, 1.54) is 4.90 Å². The van der Waals surface area contributed by atoms with Gasteiger partial charge in [0.15, 0.2) is 0 Å². The molecule has 5 heteroatoms. The van der Waals surface area contributed by atoms with Crippen molar-refractivity contribution < 1.29 is 14.7 Å². The Morgan fingerprint density at radius 3 is 2.67 bits per heavy atom. The lowest BCUT2D eigenvalue weighted by Gasteiger charge is -2.35. The van der Waals surface area contributed by atoms with Gasteiger partial charge in [-0.1, -0.05) is 0 Å². The molecule has 1 fully saturated rings. The van der Waals surface area contributed by atoms with Crippen LogP contribution in [0.3, 0.4) is 0 Å². The van der Waals surface area contributed by atoms with Gasteiger partial charge in [0.2, 0.25) is 5.91 Å². The van der Waals surface area contributed by atoms with Crippen molar-refractivity contribution in [2.75, 3.05) is 6.54 Å². The summed E-state index contributed by atoms with van der Waals surface area (Å²) in [5.41, 5.74) is 0. The third-order valence-electron chi connectivity index (χ3n) is 2.06. The molecule has 0 aliphatic carbocycles. The number of nitrogens with zero attached hydrogens (tertiary/aromatic N) is 1. The molecule has 0 radical (unpaired) electrons. The van der Waals surface area contributed by atoms with E-state index in [0.29, 0.717) is 6.54 Å². The zero-order valence-corrected chi connectivity index (χ0v) is 7.07. The van der Waals surface area contributed by atoms with Crippen LogP contribution in [0, 0.1) is 0 Å². The van der Waals surface area contributed by atoms with Gasteiger partial charge in [0.05, 0.1) is 6.04 Å². The lowest BCUT2D eigenvalue weighted by Crippen LogP contribution is -2.59. The summed E-state index contributed by atoms with van der Waals surface area (Å²) in [7, 11) is 0. The van der Waals surface area contributed by atoms with Gasteiger partial charge in [0.25, 0.3) is 0 Å². The van der Waals surface area contributed by atoms with Crippen LogP contribution in [-0.2, 0) is 4.79 Å². The number of hydrogen-bond acceptors (Lipinski definition) is 2. The molecule has 1 aliphatic rings. The van der Waals surface area contributed by atoms with E-state index in [1.54, 1.807) is 13.8 Å². The van der Waals surface area contributed by atoms with Crippen molar-refractivity contribution in [2.45, 2.75) is 25.9 Å². The molecule has 5 nitrogen and oxygen atoms in total. The molecule has 2 atom stereocenters. The topological polar surface area (TPSA) is 69.6 Å². The Hall–Kier alpha value is -1.26. The fraction of sp³-hybridized carbons (Fsp3) is 0.714. The molecule has 2 N–H and O–H groups in total. The second-order valence-electron chi connectivity index (χ2n) is 2.96. The maximum absolute atomic E-state index is 11.0. The highest BCUT2D eigenvalue weighted by atomic mass is 16.4. The van der Waals surface area contributed by atoms with Crippen LogP contribution in [0.1, 0.15) is 13.8 Å². The van der Waals surface area contributed by atoms with Crippen LogP contribution >= 0.6 is 0 Å². The van der Waals surface area contributed by atoms with Crippen LogP contribution < -0.4 is 5.32 Å². The maximum Gasteiger partial charge on any atom is 0.408 e. The Morgan fingerprint density at radius 2 is 2.25 bits per heavy atom. The number of carbonyl (C=O) groups excluding carboxylic acids is 1. The third-order valence-corrected chi connectivity index (χ3v) is 2.06. The molecule has 0 aromatic heterocycles. The smallest absolute Gasteiger partial charge is 0.408 e. The van der Waals surface area contributed by atoms with Crippen LogP contribution in [0.5, 0.6) is 0 Å². The molecule has 2 amide bonds. The first kappa shape index (κ1) is 8.83. The molecular formula is C7H12N2O3. The molecular weight excluding hydrogens is 160 g/mol. The summed E-state index contributed by atoms with van der Waals surface area (Å²) >= 11 is 0. The quantitative estimate of drug-likeness (QED) is 0.535. The van der Waals surface area contributed by atoms with E-state index >= 15 is 0 Å². The average Bonchev–Trinajstić information content (AvgIpc) is 1.97. The van der Waals surface area contributed by atoms with Crippen LogP contribution in [0.15, 0.2) is 0 Å². The number of carbonyl (C=O) groups is 2. The van der Waals surface area contributed by atoms with Gasteiger partial charge in [-0.25, -0.2) is 4.79 Å². The largest absolute Gasteiger partial charge is 0.465 e. The van der Waals surface area contributed by atoms with Crippen molar-refractivity contribution in [3.63, 3.8) is 0 Å². The van der Waals surface area contributed by atoms with E-state index in [2.05, 4.69) is 5.32 Å². The molecule has 0 bridgehead atoms. The number of amides is 2. The Balaban J connectivity index is 2.78. The summed E-state index contributed by atoms with van der Waals surface area (Å²) in [6.45, 7) is 3.75. The van der Waals surface area contributed by atoms with Gasteiger partial charge in [-0.3, -0.25) is 9.69 Å². The SMILES string of the molecule is CC1CNC(=O)[C@H](C)N1C(=O)O. The minimum atomic E-state index is -1.04. The molecule has 0 aromatic rings. The highest BCUT2D eigenvalue weighted by molar-refractivity contribution is 5.86. The van der Waals surface area contributed by atoms with E-state index in [4.69, 9.17) is 5.11 Å². The van der Waals surface area contributed by atoms with Gasteiger partial charge in [-0.05, 0) is 13.8 Å². The number of rotatable bonds is 0. The molecule has 1 rings (SSSR count). The predicted octanol–water partition coefficient (Wildman–Crippen LogP) is -0.127. The van der Waals surface area contributed by atoms with E-state index in [9.17, 15) is 9.59 Å². The number of piperazine rings is 1. The Labute approximate surface area is 70.4 Å². The summed E-state index contributed by atoms with van der Waals surface area (Å²) in [6.07, 6.45) is -1.04. The van der Waals surface area contributed by atoms with Crippen molar-refractivity contribution in [1.29, 1.82) is 0 Å². The standard InChI is InChI=1S/C7H12N2O3/c1-4-3-8-6(10)5(2)9(4)7(11)12/h4-5H,3H2,1-2H3,(H,8,10)(H,11,12)/t4?,5-/m0/s1. The second kappa shape index (κ2) is 3.00. The maximum atomic E-state index is 11.0. The summed E-state index contributed by atoms with van der Waals surface area (Å²) in [5.74, 6) is -0.226. The summed E-state index contributed by atoms with van der Waals surface area (Å²) in [6, 6.07) is -0.721. The average molecular weight is 172 g/mol. The van der Waals surface area contributed by atoms with Crippen molar-refractivity contribution in [1.82, 2.24) is 10.2 Å². The fourth-order valence-corrected chi connectivity index (χ4v) is 1.36. The van der Waals surface area contributed by atoms with Crippen molar-refractivity contribution in [2.24, 2.45) is 0 Å². The minimum Gasteiger partial charge on any atom is -0.465 e. The van der Waals surface area contributed by atoms with Crippen LogP contribution in [-0.4, -0.2) is 40.6 Å². The number of nitrogens with one attached hydrogen (secondary N) is 1. The molecule has 1 heterocycles. The van der Waals surface area contributed by atoms with Gasteiger partial charge < -0.3 is 10.4 Å². The predicted molar refractivity (Wildman–Crippen MR) is 41.8 cm³/mol. The van der Waals surface area contributed by atoms with Crippen molar-refractivity contribution in [3.8, 4) is 0 Å². The van der Waals surface area contributed by atoms with Crippen LogP contribution in [0.25, 0.3) is 0 Å². The fourth-order valence-electron chi connectivity index (χ4n) is 1.36. The third kappa shape index (κ3) is 1.34. The molecule has 1 aliphatic heterocycles. The van der Waals surface area contributed by atoms with Gasteiger partial charge in [-0.15, -0.1) is 0 Å². The first-order valence-corrected chi connectivity index (χ1v) is 3.83. The van der Waals surface area contributed by atoms with Crippen LogP contribution in [0.4, 0.5) is 4.79 Å².